The van der Waals surface area contributed by atoms with E-state index in [1.807, 2.05) is 30.3 Å². The van der Waals surface area contributed by atoms with Crippen molar-refractivity contribution in [1.29, 1.82) is 0 Å². The summed E-state index contributed by atoms with van der Waals surface area (Å²) < 4.78 is 10.6. The van der Waals surface area contributed by atoms with Crippen LogP contribution >= 0.6 is 0 Å². The molecule has 25 heavy (non-hydrogen) atoms. The highest BCUT2D eigenvalue weighted by molar-refractivity contribution is 5.72. The van der Waals surface area contributed by atoms with Crippen molar-refractivity contribution in [2.45, 2.75) is 45.6 Å². The molecule has 1 saturated heterocycles. The van der Waals surface area contributed by atoms with Gasteiger partial charge in [0.1, 0.15) is 18.4 Å². The number of amides is 2. The first-order chi connectivity index (χ1) is 11.8. The number of likely N-dealkylation sites (tertiary alicyclic amines) is 1. The number of aliphatic hydroxyl groups is 1. The number of carbonyl (C=O) groups excluding carboxylic acids is 2. The third-order valence-electron chi connectivity index (χ3n) is 3.77. The first-order valence-corrected chi connectivity index (χ1v) is 8.36. The molecule has 1 heterocycles. The summed E-state index contributed by atoms with van der Waals surface area (Å²) in [5.74, 6) is -0.107. The summed E-state index contributed by atoms with van der Waals surface area (Å²) >= 11 is 0. The second kappa shape index (κ2) is 8.20. The van der Waals surface area contributed by atoms with Crippen molar-refractivity contribution < 1.29 is 24.2 Å². The molecule has 2 rings (SSSR count). The fraction of sp³-hybridized carbons (Fsp3) is 0.556. The second-order valence-electron chi connectivity index (χ2n) is 7.14. The Labute approximate surface area is 147 Å². The van der Waals surface area contributed by atoms with Gasteiger partial charge in [0.2, 0.25) is 0 Å². The molecule has 0 aromatic heterocycles. The molecule has 7 nitrogen and oxygen atoms in total. The molecule has 2 atom stereocenters. The van der Waals surface area contributed by atoms with E-state index in [-0.39, 0.29) is 19.1 Å². The van der Waals surface area contributed by atoms with Crippen LogP contribution in [0.15, 0.2) is 30.3 Å². The van der Waals surface area contributed by atoms with Crippen molar-refractivity contribution in [3.63, 3.8) is 0 Å². The fourth-order valence-corrected chi connectivity index (χ4v) is 2.64. The number of aliphatic hydroxyl groups excluding tert-OH is 1. The van der Waals surface area contributed by atoms with Crippen molar-refractivity contribution >= 4 is 12.2 Å². The zero-order valence-corrected chi connectivity index (χ0v) is 14.9. The highest BCUT2D eigenvalue weighted by Crippen LogP contribution is 2.23. The molecule has 1 aliphatic heterocycles. The molecule has 0 aliphatic carbocycles. The number of ether oxygens (including phenoxy) is 2. The van der Waals surface area contributed by atoms with E-state index in [2.05, 4.69) is 5.32 Å². The molecule has 2 unspecified atom stereocenters. The van der Waals surface area contributed by atoms with Gasteiger partial charge in [-0.3, -0.25) is 4.90 Å². The molecule has 0 saturated carbocycles. The van der Waals surface area contributed by atoms with E-state index in [1.54, 1.807) is 20.8 Å². The van der Waals surface area contributed by atoms with E-state index in [9.17, 15) is 14.7 Å². The molecule has 0 bridgehead atoms. The first kappa shape index (κ1) is 19.1. The number of nitrogens with zero attached hydrogens (tertiary/aromatic N) is 1. The van der Waals surface area contributed by atoms with Crippen LogP contribution in [0.3, 0.4) is 0 Å². The highest BCUT2D eigenvalue weighted by atomic mass is 16.6. The van der Waals surface area contributed by atoms with Gasteiger partial charge in [-0.25, -0.2) is 9.59 Å². The van der Waals surface area contributed by atoms with Crippen LogP contribution in [-0.2, 0) is 16.1 Å². The van der Waals surface area contributed by atoms with Gasteiger partial charge in [-0.1, -0.05) is 30.3 Å². The van der Waals surface area contributed by atoms with Crippen molar-refractivity contribution in [3.8, 4) is 0 Å². The van der Waals surface area contributed by atoms with E-state index >= 15 is 0 Å². The number of carbonyl (C=O) groups is 2. The Morgan fingerprint density at radius 2 is 1.96 bits per heavy atom. The number of hydrogen-bond donors (Lipinski definition) is 2. The van der Waals surface area contributed by atoms with Crippen molar-refractivity contribution in [2.24, 2.45) is 5.92 Å². The normalized spacial score (nSPS) is 20.2. The van der Waals surface area contributed by atoms with E-state index in [0.717, 1.165) is 5.56 Å². The van der Waals surface area contributed by atoms with Gasteiger partial charge in [0, 0.05) is 19.1 Å². The number of alkyl carbamates (subject to hydrolysis) is 1. The van der Waals surface area contributed by atoms with Crippen LogP contribution in [0.5, 0.6) is 0 Å². The maximum atomic E-state index is 12.4. The summed E-state index contributed by atoms with van der Waals surface area (Å²) in [4.78, 5) is 25.8. The van der Waals surface area contributed by atoms with Gasteiger partial charge in [0.15, 0.2) is 0 Å². The molecule has 1 aromatic carbocycles. The molecule has 1 fully saturated rings. The number of hydrogen-bond acceptors (Lipinski definition) is 5. The largest absolute Gasteiger partial charge is 0.444 e. The van der Waals surface area contributed by atoms with Crippen LogP contribution in [-0.4, -0.2) is 47.1 Å². The predicted octanol–water partition coefficient (Wildman–Crippen LogP) is 2.49. The Bertz CT molecular complexity index is 585. The van der Waals surface area contributed by atoms with Gasteiger partial charge in [0.25, 0.3) is 0 Å². The summed E-state index contributed by atoms with van der Waals surface area (Å²) in [6, 6.07) is 9.36. The smallest absolute Gasteiger partial charge is 0.411 e. The summed E-state index contributed by atoms with van der Waals surface area (Å²) in [5, 5.41) is 12.1. The van der Waals surface area contributed by atoms with E-state index in [4.69, 9.17) is 9.47 Å². The Hall–Kier alpha value is -2.28. The minimum Gasteiger partial charge on any atom is -0.444 e. The Kier molecular flexibility index (Phi) is 6.25. The zero-order valence-electron chi connectivity index (χ0n) is 14.9. The summed E-state index contributed by atoms with van der Waals surface area (Å²) in [6.07, 6.45) is -1.23. The van der Waals surface area contributed by atoms with Crippen LogP contribution in [0.4, 0.5) is 9.59 Å². The zero-order chi connectivity index (χ0) is 18.4. The average Bonchev–Trinajstić information content (AvgIpc) is 2.94. The van der Waals surface area contributed by atoms with Gasteiger partial charge in [0.05, 0.1) is 0 Å². The molecule has 0 spiro atoms. The van der Waals surface area contributed by atoms with Gasteiger partial charge < -0.3 is 19.9 Å². The lowest BCUT2D eigenvalue weighted by atomic mass is 10.1. The standard InChI is InChI=1S/C18H26N2O5/c1-18(2,3)25-16(22)19-15-9-14(11-21)10-20(15)17(23)24-12-13-7-5-4-6-8-13/h4-8,14-15,21H,9-12H2,1-3H3,(H,19,22). The Morgan fingerprint density at radius 1 is 1.28 bits per heavy atom. The molecular weight excluding hydrogens is 324 g/mol. The lowest BCUT2D eigenvalue weighted by Crippen LogP contribution is -2.48. The quantitative estimate of drug-likeness (QED) is 0.871. The van der Waals surface area contributed by atoms with Gasteiger partial charge in [-0.2, -0.15) is 0 Å². The minimum atomic E-state index is -0.627. The molecule has 1 aliphatic rings. The van der Waals surface area contributed by atoms with Gasteiger partial charge in [-0.05, 0) is 32.8 Å². The topological polar surface area (TPSA) is 88.1 Å². The molecule has 1 aromatic rings. The Morgan fingerprint density at radius 3 is 2.56 bits per heavy atom. The van der Waals surface area contributed by atoms with E-state index in [1.165, 1.54) is 4.90 Å². The number of nitrogens with one attached hydrogen (secondary N) is 1. The molecule has 7 heteroatoms. The molecule has 2 amide bonds. The summed E-state index contributed by atoms with van der Waals surface area (Å²) in [7, 11) is 0. The molecule has 0 radical (unpaired) electrons. The third kappa shape index (κ3) is 5.94. The highest BCUT2D eigenvalue weighted by Gasteiger charge is 2.37. The lowest BCUT2D eigenvalue weighted by molar-refractivity contribution is 0.0426. The van der Waals surface area contributed by atoms with E-state index < -0.39 is 24.0 Å². The maximum Gasteiger partial charge on any atom is 0.411 e. The van der Waals surface area contributed by atoms with Crippen LogP contribution in [0, 0.1) is 5.92 Å². The fourth-order valence-electron chi connectivity index (χ4n) is 2.64. The van der Waals surface area contributed by atoms with E-state index in [0.29, 0.717) is 13.0 Å². The predicted molar refractivity (Wildman–Crippen MR) is 91.7 cm³/mol. The van der Waals surface area contributed by atoms with Crippen molar-refractivity contribution in [1.82, 2.24) is 10.2 Å². The van der Waals surface area contributed by atoms with Gasteiger partial charge >= 0.3 is 12.2 Å². The molecule has 2 N–H and O–H groups in total. The van der Waals surface area contributed by atoms with Crippen LogP contribution < -0.4 is 5.32 Å². The van der Waals surface area contributed by atoms with Crippen LogP contribution in [0.2, 0.25) is 0 Å². The van der Waals surface area contributed by atoms with Crippen LogP contribution in [0.1, 0.15) is 32.8 Å². The van der Waals surface area contributed by atoms with Gasteiger partial charge in [-0.15, -0.1) is 0 Å². The average molecular weight is 350 g/mol. The van der Waals surface area contributed by atoms with Crippen molar-refractivity contribution in [3.05, 3.63) is 35.9 Å². The second-order valence-corrected chi connectivity index (χ2v) is 7.14. The SMILES string of the molecule is CC(C)(C)OC(=O)NC1CC(CO)CN1C(=O)OCc1ccccc1. The maximum absolute atomic E-state index is 12.4. The molecular formula is C18H26N2O5. The number of benzene rings is 1. The summed E-state index contributed by atoms with van der Waals surface area (Å²) in [6.45, 7) is 5.72. The summed E-state index contributed by atoms with van der Waals surface area (Å²) in [5.41, 5.74) is 0.253. The third-order valence-corrected chi connectivity index (χ3v) is 3.77. The first-order valence-electron chi connectivity index (χ1n) is 8.36. The number of rotatable bonds is 4. The van der Waals surface area contributed by atoms with Crippen molar-refractivity contribution in [2.75, 3.05) is 13.2 Å². The lowest BCUT2D eigenvalue weighted by Gasteiger charge is -2.26. The van der Waals surface area contributed by atoms with Crippen LogP contribution in [0.25, 0.3) is 0 Å². The minimum absolute atomic E-state index is 0.0606. The Balaban J connectivity index is 1.95. The molecule has 138 valence electrons. The monoisotopic (exact) mass is 350 g/mol.